The van der Waals surface area contributed by atoms with E-state index in [0.717, 1.165) is 31.5 Å². The molecular weight excluding hydrogens is 272 g/mol. The molecule has 2 N–H and O–H groups in total. The van der Waals surface area contributed by atoms with Crippen LogP contribution in [-0.2, 0) is 11.3 Å². The number of thioether (sulfide) groups is 1. The predicted octanol–water partition coefficient (Wildman–Crippen LogP) is 1.84. The van der Waals surface area contributed by atoms with Crippen molar-refractivity contribution in [2.75, 3.05) is 25.9 Å². The number of carbonyl (C=O) groups is 1. The summed E-state index contributed by atoms with van der Waals surface area (Å²) in [5.74, 6) is 0.893. The number of rotatable bonds is 5. The highest BCUT2D eigenvalue weighted by molar-refractivity contribution is 8.00. The third-order valence-corrected chi connectivity index (χ3v) is 4.91. The first-order chi connectivity index (χ1) is 9.66. The van der Waals surface area contributed by atoms with E-state index in [1.807, 2.05) is 12.1 Å². The summed E-state index contributed by atoms with van der Waals surface area (Å²) >= 11 is 1.75. The second-order valence-corrected chi connectivity index (χ2v) is 6.43. The van der Waals surface area contributed by atoms with E-state index in [9.17, 15) is 9.90 Å². The number of phenolic OH excluding ortho intramolecular Hbond substituents is 1. The van der Waals surface area contributed by atoms with Crippen LogP contribution in [0.2, 0.25) is 0 Å². The van der Waals surface area contributed by atoms with Crippen molar-refractivity contribution < 1.29 is 9.90 Å². The Morgan fingerprint density at radius 2 is 2.10 bits per heavy atom. The van der Waals surface area contributed by atoms with E-state index < -0.39 is 0 Å². The van der Waals surface area contributed by atoms with Crippen molar-refractivity contribution in [2.24, 2.45) is 0 Å². The lowest BCUT2D eigenvalue weighted by molar-refractivity contribution is -0.127. The molecule has 1 saturated heterocycles. The van der Waals surface area contributed by atoms with Crippen molar-refractivity contribution in [3.05, 3.63) is 29.8 Å². The lowest BCUT2D eigenvalue weighted by atomic mass is 10.2. The molecule has 1 aliphatic rings. The smallest absolute Gasteiger partial charge is 0.232 e. The van der Waals surface area contributed by atoms with E-state index in [-0.39, 0.29) is 11.7 Å². The van der Waals surface area contributed by atoms with Gasteiger partial charge in [-0.2, -0.15) is 0 Å². The molecule has 2 rings (SSSR count). The normalized spacial score (nSPS) is 16.1. The Balaban J connectivity index is 1.78. The highest BCUT2D eigenvalue weighted by Gasteiger charge is 2.17. The van der Waals surface area contributed by atoms with Crippen molar-refractivity contribution in [2.45, 2.75) is 24.6 Å². The molecule has 0 saturated carbocycles. The average Bonchev–Trinajstić information content (AvgIpc) is 2.48. The Morgan fingerprint density at radius 1 is 1.40 bits per heavy atom. The number of phenols is 1. The molecular formula is C15H22N2O2S. The van der Waals surface area contributed by atoms with E-state index >= 15 is 0 Å². The molecule has 5 heteroatoms. The van der Waals surface area contributed by atoms with Crippen molar-refractivity contribution >= 4 is 17.7 Å². The number of hydrogen-bond donors (Lipinski definition) is 2. The lowest BCUT2D eigenvalue weighted by Gasteiger charge is -2.23. The number of hydrogen-bond acceptors (Lipinski definition) is 4. The summed E-state index contributed by atoms with van der Waals surface area (Å²) in [6.45, 7) is 2.57. The number of aromatic hydroxyl groups is 1. The molecule has 0 unspecified atom stereocenters. The lowest BCUT2D eigenvalue weighted by Crippen LogP contribution is -2.32. The van der Waals surface area contributed by atoms with Crippen molar-refractivity contribution in [1.29, 1.82) is 0 Å². The molecule has 110 valence electrons. The Morgan fingerprint density at radius 3 is 2.80 bits per heavy atom. The third kappa shape index (κ3) is 4.42. The van der Waals surface area contributed by atoms with Gasteiger partial charge in [-0.3, -0.25) is 4.79 Å². The first-order valence-electron chi connectivity index (χ1n) is 7.00. The topological polar surface area (TPSA) is 52.6 Å². The molecule has 0 radical (unpaired) electrons. The quantitative estimate of drug-likeness (QED) is 0.870. The first kappa shape index (κ1) is 15.2. The van der Waals surface area contributed by atoms with E-state index in [2.05, 4.69) is 5.32 Å². The first-order valence-corrected chi connectivity index (χ1v) is 8.05. The largest absolute Gasteiger partial charge is 0.508 e. The van der Waals surface area contributed by atoms with Crippen LogP contribution < -0.4 is 5.32 Å². The van der Waals surface area contributed by atoms with Gasteiger partial charge in [0.25, 0.3) is 0 Å². The maximum Gasteiger partial charge on any atom is 0.232 e. The molecule has 0 aromatic heterocycles. The van der Waals surface area contributed by atoms with Crippen LogP contribution >= 0.6 is 11.8 Å². The predicted molar refractivity (Wildman–Crippen MR) is 82.9 cm³/mol. The monoisotopic (exact) mass is 294 g/mol. The molecule has 0 bridgehead atoms. The van der Waals surface area contributed by atoms with Gasteiger partial charge in [0.15, 0.2) is 0 Å². The standard InChI is InChI=1S/C15H22N2O2S/c1-17(10-12-4-2-3-5-14(12)18)15(19)11-20-13-6-8-16-9-7-13/h2-5,13,16,18H,6-11H2,1H3. The number of nitrogens with one attached hydrogen (secondary N) is 1. The highest BCUT2D eigenvalue weighted by atomic mass is 32.2. The summed E-state index contributed by atoms with van der Waals surface area (Å²) in [5, 5.41) is 13.6. The summed E-state index contributed by atoms with van der Waals surface area (Å²) in [5.41, 5.74) is 0.787. The highest BCUT2D eigenvalue weighted by Crippen LogP contribution is 2.21. The third-order valence-electron chi connectivity index (χ3n) is 3.55. The minimum absolute atomic E-state index is 0.122. The Hall–Kier alpha value is -1.20. The van der Waals surface area contributed by atoms with Gasteiger partial charge in [0, 0.05) is 24.4 Å². The Bertz CT molecular complexity index is 447. The maximum atomic E-state index is 12.1. The molecule has 1 fully saturated rings. The zero-order valence-corrected chi connectivity index (χ0v) is 12.7. The van der Waals surface area contributed by atoms with Crippen LogP contribution in [-0.4, -0.2) is 47.1 Å². The van der Waals surface area contributed by atoms with Crippen LogP contribution in [0.15, 0.2) is 24.3 Å². The minimum Gasteiger partial charge on any atom is -0.508 e. The molecule has 1 amide bonds. The number of piperidine rings is 1. The van der Waals surface area contributed by atoms with Crippen LogP contribution in [0, 0.1) is 0 Å². The molecule has 1 aromatic rings. The SMILES string of the molecule is CN(Cc1ccccc1O)C(=O)CSC1CCNCC1. The van der Waals surface area contributed by atoms with Crippen LogP contribution in [0.25, 0.3) is 0 Å². The van der Waals surface area contributed by atoms with Gasteiger partial charge in [-0.1, -0.05) is 18.2 Å². The molecule has 20 heavy (non-hydrogen) atoms. The van der Waals surface area contributed by atoms with Crippen molar-refractivity contribution in [3.63, 3.8) is 0 Å². The van der Waals surface area contributed by atoms with Gasteiger partial charge in [-0.05, 0) is 32.0 Å². The van der Waals surface area contributed by atoms with Crippen molar-refractivity contribution in [1.82, 2.24) is 10.2 Å². The Kier molecular flexibility index (Phi) is 5.73. The van der Waals surface area contributed by atoms with Crippen LogP contribution in [0.3, 0.4) is 0 Å². The van der Waals surface area contributed by atoms with Gasteiger partial charge in [0.05, 0.1) is 5.75 Å². The minimum atomic E-state index is 0.122. The van der Waals surface area contributed by atoms with E-state index in [4.69, 9.17) is 0 Å². The zero-order chi connectivity index (χ0) is 14.4. The fraction of sp³-hybridized carbons (Fsp3) is 0.533. The van der Waals surface area contributed by atoms with Crippen LogP contribution in [0.5, 0.6) is 5.75 Å². The summed E-state index contributed by atoms with van der Waals surface area (Å²) in [7, 11) is 1.79. The second kappa shape index (κ2) is 7.55. The van der Waals surface area contributed by atoms with Crippen LogP contribution in [0.4, 0.5) is 0 Å². The van der Waals surface area contributed by atoms with Gasteiger partial charge < -0.3 is 15.3 Å². The summed E-state index contributed by atoms with van der Waals surface area (Å²) in [6.07, 6.45) is 2.28. The molecule has 0 spiro atoms. The number of para-hydroxylation sites is 1. The van der Waals surface area contributed by atoms with Gasteiger partial charge in [-0.25, -0.2) is 0 Å². The van der Waals surface area contributed by atoms with E-state index in [1.54, 1.807) is 35.8 Å². The average molecular weight is 294 g/mol. The van der Waals surface area contributed by atoms with E-state index in [1.165, 1.54) is 0 Å². The van der Waals surface area contributed by atoms with Crippen LogP contribution in [0.1, 0.15) is 18.4 Å². The molecule has 0 atom stereocenters. The van der Waals surface area contributed by atoms with Gasteiger partial charge in [0.2, 0.25) is 5.91 Å². The number of benzene rings is 1. The summed E-state index contributed by atoms with van der Waals surface area (Å²) in [6, 6.07) is 7.15. The zero-order valence-electron chi connectivity index (χ0n) is 11.8. The number of carbonyl (C=O) groups excluding carboxylic acids is 1. The van der Waals surface area contributed by atoms with Gasteiger partial charge >= 0.3 is 0 Å². The van der Waals surface area contributed by atoms with E-state index in [0.29, 0.717) is 17.5 Å². The molecule has 0 aliphatic carbocycles. The molecule has 1 aliphatic heterocycles. The number of nitrogens with zero attached hydrogens (tertiary/aromatic N) is 1. The summed E-state index contributed by atoms with van der Waals surface area (Å²) < 4.78 is 0. The molecule has 1 aromatic carbocycles. The molecule has 1 heterocycles. The van der Waals surface area contributed by atoms with Gasteiger partial charge in [-0.15, -0.1) is 11.8 Å². The summed E-state index contributed by atoms with van der Waals surface area (Å²) in [4.78, 5) is 13.8. The fourth-order valence-electron chi connectivity index (χ4n) is 2.25. The van der Waals surface area contributed by atoms with Gasteiger partial charge in [0.1, 0.15) is 5.75 Å². The Labute approximate surface area is 124 Å². The second-order valence-electron chi connectivity index (χ2n) is 5.14. The molecule has 4 nitrogen and oxygen atoms in total. The maximum absolute atomic E-state index is 12.1. The fourth-order valence-corrected chi connectivity index (χ4v) is 3.42. The van der Waals surface area contributed by atoms with Crippen molar-refractivity contribution in [3.8, 4) is 5.75 Å². The number of amides is 1.